The standard InChI is InChI=1S/C23H31N5O/c1-25-21(29)15-28-14-20-13-27(12-19-8-5-11-26-22(19)24)16-23(20,17-28)10-9-18-6-3-2-4-7-18/h2-8,11,20H,9-10,12-17H2,1H3,(H2,24,26)(H,25,29). The zero-order valence-corrected chi connectivity index (χ0v) is 17.2. The fourth-order valence-electron chi connectivity index (χ4n) is 5.15. The SMILES string of the molecule is CNC(=O)CN1CC2CN(Cc3cccnc3N)CC2(CCc2ccccc2)C1. The van der Waals surface area contributed by atoms with Crippen molar-refractivity contribution in [2.45, 2.75) is 19.4 Å². The number of likely N-dealkylation sites (N-methyl/N-ethyl adjacent to an activating group) is 1. The third-order valence-corrected chi connectivity index (χ3v) is 6.62. The topological polar surface area (TPSA) is 74.5 Å². The highest BCUT2D eigenvalue weighted by atomic mass is 16.1. The van der Waals surface area contributed by atoms with Gasteiger partial charge in [-0.15, -0.1) is 0 Å². The van der Waals surface area contributed by atoms with Crippen LogP contribution in [0.1, 0.15) is 17.5 Å². The highest BCUT2D eigenvalue weighted by Crippen LogP contribution is 2.46. The van der Waals surface area contributed by atoms with Gasteiger partial charge in [-0.25, -0.2) is 4.98 Å². The summed E-state index contributed by atoms with van der Waals surface area (Å²) in [6, 6.07) is 14.8. The molecule has 1 aromatic heterocycles. The highest BCUT2D eigenvalue weighted by Gasteiger charge is 2.51. The average molecular weight is 394 g/mol. The Morgan fingerprint density at radius 2 is 1.93 bits per heavy atom. The molecule has 0 spiro atoms. The molecule has 0 radical (unpaired) electrons. The summed E-state index contributed by atoms with van der Waals surface area (Å²) in [5.41, 5.74) is 8.80. The molecule has 2 aliphatic heterocycles. The largest absolute Gasteiger partial charge is 0.383 e. The number of fused-ring (bicyclic) bond motifs is 1. The van der Waals surface area contributed by atoms with Gasteiger partial charge < -0.3 is 11.1 Å². The van der Waals surface area contributed by atoms with Gasteiger partial charge >= 0.3 is 0 Å². The zero-order chi connectivity index (χ0) is 20.3. The fraction of sp³-hybridized carbons (Fsp3) is 0.478. The minimum absolute atomic E-state index is 0.100. The molecule has 0 aliphatic carbocycles. The first kappa shape index (κ1) is 19.9. The Balaban J connectivity index is 1.48. The molecule has 0 saturated carbocycles. The van der Waals surface area contributed by atoms with E-state index in [1.165, 1.54) is 5.56 Å². The number of nitrogens with two attached hydrogens (primary N) is 1. The van der Waals surface area contributed by atoms with Gasteiger partial charge in [0.25, 0.3) is 0 Å². The normalized spacial score (nSPS) is 24.5. The molecule has 2 saturated heterocycles. The number of amides is 1. The third-order valence-electron chi connectivity index (χ3n) is 6.62. The Morgan fingerprint density at radius 1 is 1.17 bits per heavy atom. The van der Waals surface area contributed by atoms with Crippen molar-refractivity contribution in [3.63, 3.8) is 0 Å². The number of carbonyl (C=O) groups excluding carboxylic acids is 1. The molecule has 1 amide bonds. The number of rotatable bonds is 7. The lowest BCUT2D eigenvalue weighted by atomic mass is 9.76. The molecule has 1 aromatic carbocycles. The van der Waals surface area contributed by atoms with Crippen LogP contribution in [0.3, 0.4) is 0 Å². The molecule has 2 aliphatic rings. The lowest BCUT2D eigenvalue weighted by Gasteiger charge is -2.30. The molecule has 2 atom stereocenters. The van der Waals surface area contributed by atoms with Crippen LogP contribution in [0.25, 0.3) is 0 Å². The number of anilines is 1. The van der Waals surface area contributed by atoms with E-state index in [1.54, 1.807) is 13.2 Å². The van der Waals surface area contributed by atoms with Gasteiger partial charge in [-0.3, -0.25) is 14.6 Å². The van der Waals surface area contributed by atoms with Crippen LogP contribution in [0, 0.1) is 11.3 Å². The predicted molar refractivity (Wildman–Crippen MR) is 115 cm³/mol. The maximum Gasteiger partial charge on any atom is 0.233 e. The Morgan fingerprint density at radius 3 is 2.69 bits per heavy atom. The summed E-state index contributed by atoms with van der Waals surface area (Å²) >= 11 is 0. The van der Waals surface area contributed by atoms with Crippen LogP contribution in [-0.4, -0.2) is 60.5 Å². The molecule has 3 N–H and O–H groups in total. The molecule has 154 valence electrons. The number of carbonyl (C=O) groups is 1. The van der Waals surface area contributed by atoms with Gasteiger partial charge in [-0.1, -0.05) is 36.4 Å². The molecule has 29 heavy (non-hydrogen) atoms. The molecule has 6 nitrogen and oxygen atoms in total. The van der Waals surface area contributed by atoms with Crippen LogP contribution < -0.4 is 11.1 Å². The summed E-state index contributed by atoms with van der Waals surface area (Å²) in [7, 11) is 1.71. The summed E-state index contributed by atoms with van der Waals surface area (Å²) in [5.74, 6) is 1.31. The smallest absolute Gasteiger partial charge is 0.233 e. The number of pyridine rings is 1. The maximum atomic E-state index is 11.9. The van der Waals surface area contributed by atoms with Crippen LogP contribution in [0.4, 0.5) is 5.82 Å². The molecular weight excluding hydrogens is 362 g/mol. The summed E-state index contributed by atoms with van der Waals surface area (Å²) in [6.45, 7) is 5.41. The molecule has 2 aromatic rings. The molecular formula is C23H31N5O. The van der Waals surface area contributed by atoms with E-state index in [4.69, 9.17) is 5.73 Å². The second-order valence-electron chi connectivity index (χ2n) is 8.61. The van der Waals surface area contributed by atoms with Crippen LogP contribution >= 0.6 is 0 Å². The quantitative estimate of drug-likeness (QED) is 0.750. The fourth-order valence-corrected chi connectivity index (χ4v) is 5.15. The summed E-state index contributed by atoms with van der Waals surface area (Å²) in [6.07, 6.45) is 3.97. The first-order chi connectivity index (χ1) is 14.1. The van der Waals surface area contributed by atoms with Crippen molar-refractivity contribution in [1.29, 1.82) is 0 Å². The number of hydrogen-bond acceptors (Lipinski definition) is 5. The summed E-state index contributed by atoms with van der Waals surface area (Å²) < 4.78 is 0. The number of aryl methyl sites for hydroxylation is 1. The van der Waals surface area contributed by atoms with Crippen molar-refractivity contribution in [2.75, 3.05) is 45.5 Å². The Labute approximate surface area is 173 Å². The minimum atomic E-state index is 0.100. The lowest BCUT2D eigenvalue weighted by molar-refractivity contribution is -0.121. The highest BCUT2D eigenvalue weighted by molar-refractivity contribution is 5.77. The van der Waals surface area contributed by atoms with Gasteiger partial charge in [-0.2, -0.15) is 0 Å². The molecule has 2 unspecified atom stereocenters. The van der Waals surface area contributed by atoms with Gasteiger partial charge in [0, 0.05) is 56.9 Å². The second kappa shape index (κ2) is 8.51. The Kier molecular flexibility index (Phi) is 5.83. The maximum absolute atomic E-state index is 11.9. The van der Waals surface area contributed by atoms with Gasteiger partial charge in [-0.05, 0) is 30.4 Å². The number of likely N-dealkylation sites (tertiary alicyclic amines) is 2. The number of nitrogens with one attached hydrogen (secondary N) is 1. The van der Waals surface area contributed by atoms with E-state index in [0.29, 0.717) is 18.3 Å². The van der Waals surface area contributed by atoms with Gasteiger partial charge in [0.05, 0.1) is 6.54 Å². The van der Waals surface area contributed by atoms with Gasteiger partial charge in [0.1, 0.15) is 5.82 Å². The molecule has 2 fully saturated rings. The van der Waals surface area contributed by atoms with E-state index < -0.39 is 0 Å². The Hall–Kier alpha value is -2.44. The molecule has 4 rings (SSSR count). The first-order valence-electron chi connectivity index (χ1n) is 10.5. The number of nitrogen functional groups attached to an aromatic ring is 1. The van der Waals surface area contributed by atoms with Crippen molar-refractivity contribution < 1.29 is 4.79 Å². The van der Waals surface area contributed by atoms with E-state index in [1.807, 2.05) is 6.07 Å². The first-order valence-corrected chi connectivity index (χ1v) is 10.5. The number of nitrogens with zero attached hydrogens (tertiary/aromatic N) is 3. The van der Waals surface area contributed by atoms with E-state index in [0.717, 1.165) is 51.1 Å². The van der Waals surface area contributed by atoms with Crippen LogP contribution in [-0.2, 0) is 17.8 Å². The van der Waals surface area contributed by atoms with Crippen molar-refractivity contribution in [2.24, 2.45) is 11.3 Å². The molecule has 3 heterocycles. The zero-order valence-electron chi connectivity index (χ0n) is 17.2. The van der Waals surface area contributed by atoms with Gasteiger partial charge in [0.2, 0.25) is 5.91 Å². The number of aromatic nitrogens is 1. The van der Waals surface area contributed by atoms with Crippen LogP contribution in [0.15, 0.2) is 48.7 Å². The van der Waals surface area contributed by atoms with E-state index in [-0.39, 0.29) is 11.3 Å². The minimum Gasteiger partial charge on any atom is -0.383 e. The summed E-state index contributed by atoms with van der Waals surface area (Å²) in [5, 5.41) is 2.76. The van der Waals surface area contributed by atoms with Crippen molar-refractivity contribution in [3.05, 3.63) is 59.8 Å². The van der Waals surface area contributed by atoms with Crippen LogP contribution in [0.5, 0.6) is 0 Å². The second-order valence-corrected chi connectivity index (χ2v) is 8.61. The number of hydrogen-bond donors (Lipinski definition) is 2. The molecule has 0 bridgehead atoms. The monoisotopic (exact) mass is 393 g/mol. The van der Waals surface area contributed by atoms with Crippen LogP contribution in [0.2, 0.25) is 0 Å². The lowest BCUT2D eigenvalue weighted by Crippen LogP contribution is -2.38. The van der Waals surface area contributed by atoms with E-state index in [2.05, 4.69) is 56.5 Å². The van der Waals surface area contributed by atoms with E-state index >= 15 is 0 Å². The summed E-state index contributed by atoms with van der Waals surface area (Å²) in [4.78, 5) is 21.0. The predicted octanol–water partition coefficient (Wildman–Crippen LogP) is 1.78. The van der Waals surface area contributed by atoms with E-state index in [9.17, 15) is 4.79 Å². The average Bonchev–Trinajstić information content (AvgIpc) is 3.22. The van der Waals surface area contributed by atoms with Gasteiger partial charge in [0.15, 0.2) is 0 Å². The molecule has 6 heteroatoms. The third kappa shape index (κ3) is 4.43. The van der Waals surface area contributed by atoms with Crippen molar-refractivity contribution in [1.82, 2.24) is 20.1 Å². The van der Waals surface area contributed by atoms with Crippen molar-refractivity contribution in [3.8, 4) is 0 Å². The number of benzene rings is 1. The Bertz CT molecular complexity index is 842. The van der Waals surface area contributed by atoms with Crippen molar-refractivity contribution >= 4 is 11.7 Å².